The van der Waals surface area contributed by atoms with Gasteiger partial charge in [0.25, 0.3) is 0 Å². The molecule has 0 spiro atoms. The molecule has 0 saturated heterocycles. The molecule has 0 fully saturated rings. The average Bonchev–Trinajstić information content (AvgIpc) is 1.94. The van der Waals surface area contributed by atoms with Crippen molar-refractivity contribution < 1.29 is 51.4 Å². The van der Waals surface area contributed by atoms with E-state index in [1.165, 1.54) is 0 Å². The second kappa shape index (κ2) is 18.5. The first-order valence-electron chi connectivity index (χ1n) is 3.98. The molecule has 0 rings (SSSR count). The topological polar surface area (TPSA) is 0 Å². The first kappa shape index (κ1) is 23.5. The van der Waals surface area contributed by atoms with Crippen LogP contribution in [0.25, 0.3) is 0 Å². The normalized spacial score (nSPS) is 7.83. The van der Waals surface area contributed by atoms with Crippen LogP contribution in [0.1, 0.15) is 34.1 Å². The monoisotopic (exact) mass is 188 g/mol. The fourth-order valence-corrected chi connectivity index (χ4v) is 0.380. The second-order valence-corrected chi connectivity index (χ2v) is 1.85. The van der Waals surface area contributed by atoms with E-state index in [0.29, 0.717) is 6.42 Å². The Morgan fingerprint density at radius 2 is 1.50 bits per heavy atom. The van der Waals surface area contributed by atoms with E-state index in [0.717, 1.165) is 0 Å². The molecule has 0 nitrogen and oxygen atoms in total. The van der Waals surface area contributed by atoms with Gasteiger partial charge >= 0.3 is 51.4 Å². The van der Waals surface area contributed by atoms with Gasteiger partial charge in [0.05, 0.1) is 0 Å². The minimum Gasteiger partial charge on any atom is -0.356 e. The fraction of sp³-hybridized carbons (Fsp3) is 0.667. The summed E-state index contributed by atoms with van der Waals surface area (Å²) in [5.74, 6) is 0. The first-order valence-corrected chi connectivity index (χ1v) is 3.98. The molecule has 0 atom stereocenters. The van der Waals surface area contributed by atoms with Gasteiger partial charge in [-0.25, -0.2) is 6.42 Å². The van der Waals surface area contributed by atoms with Crippen molar-refractivity contribution in [2.75, 3.05) is 0 Å². The van der Waals surface area contributed by atoms with Crippen LogP contribution in [-0.4, -0.2) is 15.7 Å². The second-order valence-electron chi connectivity index (χ2n) is 1.85. The summed E-state index contributed by atoms with van der Waals surface area (Å²) in [5.41, 5.74) is 0. The summed E-state index contributed by atoms with van der Waals surface area (Å²) in [5, 5.41) is -0.755. The maximum absolute atomic E-state index is 5.28. The van der Waals surface area contributed by atoms with Crippen LogP contribution in [0.2, 0.25) is 5.21 Å². The molecule has 0 heterocycles. The van der Waals surface area contributed by atoms with E-state index in [1.54, 1.807) is 6.92 Å². The molecule has 3 heteroatoms. The Labute approximate surface area is 125 Å². The summed E-state index contributed by atoms with van der Waals surface area (Å²) in [6.07, 6.45) is 2.56. The predicted octanol–water partition coefficient (Wildman–Crippen LogP) is -0.241. The summed E-state index contributed by atoms with van der Waals surface area (Å²) in [6.45, 7) is 14.4. The van der Waals surface area contributed by atoms with E-state index in [9.17, 15) is 0 Å². The van der Waals surface area contributed by atoms with Crippen molar-refractivity contribution in [3.63, 3.8) is 0 Å². The van der Waals surface area contributed by atoms with Crippen LogP contribution in [0.3, 0.4) is 0 Å². The van der Waals surface area contributed by atoms with E-state index >= 15 is 0 Å². The smallest absolute Gasteiger partial charge is 0.356 e. The first-order chi connectivity index (χ1) is 5.06. The Morgan fingerprint density at radius 3 is 1.50 bits per heavy atom. The average molecular weight is 188 g/mol. The van der Waals surface area contributed by atoms with Gasteiger partial charge < -0.3 is 20.3 Å². The molecule has 0 aliphatic heterocycles. The summed E-state index contributed by atoms with van der Waals surface area (Å²) in [4.78, 5) is 0. The molecule has 0 unspecified atom stereocenters. The zero-order valence-electron chi connectivity index (χ0n) is 9.35. The molecule has 0 aliphatic carbocycles. The number of hydrogen-bond donors (Lipinski definition) is 0. The van der Waals surface area contributed by atoms with Crippen molar-refractivity contribution in [2.24, 2.45) is 0 Å². The third kappa shape index (κ3) is 41.0. The van der Waals surface area contributed by atoms with Crippen molar-refractivity contribution >= 4 is 15.7 Å². The van der Waals surface area contributed by atoms with E-state index in [4.69, 9.17) is 15.7 Å². The van der Waals surface area contributed by atoms with Gasteiger partial charge in [-0.05, 0) is 0 Å². The Bertz CT molecular complexity index is 51.0. The van der Waals surface area contributed by atoms with E-state index in [1.807, 2.05) is 27.2 Å². The fourth-order valence-electron chi connectivity index (χ4n) is 0.380. The summed E-state index contributed by atoms with van der Waals surface area (Å²) < 4.78 is 0. The summed E-state index contributed by atoms with van der Waals surface area (Å²) in [6, 6.07) is 0. The Balaban J connectivity index is -0.0000000560. The molecule has 0 amide bonds. The van der Waals surface area contributed by atoms with Gasteiger partial charge in [0.2, 0.25) is 0 Å². The zero-order valence-corrected chi connectivity index (χ0v) is 12.5. The van der Waals surface area contributed by atoms with Crippen molar-refractivity contribution in [1.29, 1.82) is 0 Å². The molecule has 64 valence electrons. The van der Waals surface area contributed by atoms with E-state index in [2.05, 4.69) is 13.8 Å². The van der Waals surface area contributed by atoms with Crippen LogP contribution in [0.4, 0.5) is 0 Å². The molecule has 0 aromatic heterocycles. The van der Waals surface area contributed by atoms with Gasteiger partial charge in [-0.15, -0.1) is 0 Å². The SMILES string of the molecule is CC.[B]C([B])([CH2-])C[CH-]C.[CH2-]C.[K+]. The van der Waals surface area contributed by atoms with Crippen molar-refractivity contribution in [3.8, 4) is 0 Å². The maximum atomic E-state index is 5.28. The Hall–Kier alpha value is 1.77. The third-order valence-corrected chi connectivity index (χ3v) is 0.584. The van der Waals surface area contributed by atoms with Crippen LogP contribution in [0.5, 0.6) is 0 Å². The molecular formula is C9H19B2K-2. The van der Waals surface area contributed by atoms with Gasteiger partial charge in [0.15, 0.2) is 0 Å². The summed E-state index contributed by atoms with van der Waals surface area (Å²) in [7, 11) is 10.6. The summed E-state index contributed by atoms with van der Waals surface area (Å²) >= 11 is 0. The molecule has 4 radical (unpaired) electrons. The van der Waals surface area contributed by atoms with E-state index < -0.39 is 5.21 Å². The van der Waals surface area contributed by atoms with Gasteiger partial charge in [-0.2, -0.15) is 13.8 Å². The minimum atomic E-state index is -0.755. The minimum absolute atomic E-state index is 0. The molecule has 0 bridgehead atoms. The van der Waals surface area contributed by atoms with Crippen LogP contribution in [0, 0.1) is 20.3 Å². The van der Waals surface area contributed by atoms with Crippen LogP contribution in [-0.2, 0) is 0 Å². The van der Waals surface area contributed by atoms with Gasteiger partial charge in [-0.1, -0.05) is 13.8 Å². The number of hydrogen-bond acceptors (Lipinski definition) is 0. The molecular weight excluding hydrogens is 169 g/mol. The molecule has 0 N–H and O–H groups in total. The molecule has 0 saturated carbocycles. The Kier molecular flexibility index (Phi) is 36.3. The standard InChI is InChI=1S/C5H8B2.C2H6.C2H5.K/c1-3-4-5(2,6)7;2*1-2;/h3H,2,4H2,1H3;1-2H3;1H2,2H3;/q-2;;-1;+1. The van der Waals surface area contributed by atoms with Gasteiger partial charge in [-0.3, -0.25) is 5.21 Å². The molecule has 0 aliphatic rings. The number of rotatable bonds is 2. The van der Waals surface area contributed by atoms with Crippen LogP contribution in [0.15, 0.2) is 0 Å². The van der Waals surface area contributed by atoms with Crippen LogP contribution >= 0.6 is 0 Å². The molecule has 0 aromatic rings. The van der Waals surface area contributed by atoms with Gasteiger partial charge in [0.1, 0.15) is 0 Å². The van der Waals surface area contributed by atoms with Crippen molar-refractivity contribution in [3.05, 3.63) is 20.3 Å². The van der Waals surface area contributed by atoms with Crippen molar-refractivity contribution in [2.45, 2.75) is 39.3 Å². The zero-order chi connectivity index (χ0) is 9.91. The predicted molar refractivity (Wildman–Crippen MR) is 56.5 cm³/mol. The largest absolute Gasteiger partial charge is 1.00 e. The Morgan fingerprint density at radius 1 is 1.25 bits per heavy atom. The molecule has 12 heavy (non-hydrogen) atoms. The van der Waals surface area contributed by atoms with Crippen molar-refractivity contribution in [1.82, 2.24) is 0 Å². The molecule has 0 aromatic carbocycles. The third-order valence-electron chi connectivity index (χ3n) is 0.584. The maximum Gasteiger partial charge on any atom is 1.00 e. The van der Waals surface area contributed by atoms with Gasteiger partial charge in [0, 0.05) is 15.7 Å². The quantitative estimate of drug-likeness (QED) is 0.414. The van der Waals surface area contributed by atoms with E-state index in [-0.39, 0.29) is 51.4 Å². The van der Waals surface area contributed by atoms with Crippen LogP contribution < -0.4 is 51.4 Å².